The van der Waals surface area contributed by atoms with Crippen LogP contribution in [0, 0.1) is 0 Å². The summed E-state index contributed by atoms with van der Waals surface area (Å²) in [4.78, 5) is 8.20. The lowest BCUT2D eigenvalue weighted by atomic mass is 10.3. The summed E-state index contributed by atoms with van der Waals surface area (Å²) in [6.07, 6.45) is 3.61. The zero-order valence-corrected chi connectivity index (χ0v) is 9.57. The maximum Gasteiger partial charge on any atom is 0.150 e. The van der Waals surface area contributed by atoms with Gasteiger partial charge >= 0.3 is 0 Å². The van der Waals surface area contributed by atoms with Gasteiger partial charge in [0.1, 0.15) is 9.49 Å². The lowest BCUT2D eigenvalue weighted by Crippen LogP contribution is -1.82. The summed E-state index contributed by atoms with van der Waals surface area (Å²) < 4.78 is 1.08. The molecule has 0 radical (unpaired) electrons. The normalized spacial score (nSPS) is 10.4. The minimum Gasteiger partial charge on any atom is -0.244 e. The molecule has 0 N–H and O–H groups in total. The topological polar surface area (TPSA) is 25.8 Å². The van der Waals surface area contributed by atoms with Gasteiger partial charge in [0.25, 0.3) is 0 Å². The zero-order valence-electron chi connectivity index (χ0n) is 7.18. The summed E-state index contributed by atoms with van der Waals surface area (Å²) in [5.74, 6) is 0.887. The molecule has 2 nitrogen and oxygen atoms in total. The molecule has 0 aliphatic heterocycles. The van der Waals surface area contributed by atoms with Gasteiger partial charge in [-0.3, -0.25) is 0 Å². The van der Waals surface area contributed by atoms with Gasteiger partial charge in [-0.05, 0) is 11.6 Å². The molecule has 72 valence electrons. The molecule has 0 saturated carbocycles. The van der Waals surface area contributed by atoms with Gasteiger partial charge in [0.2, 0.25) is 0 Å². The van der Waals surface area contributed by atoms with Crippen LogP contribution in [0.25, 0.3) is 0 Å². The number of hydrogen-bond donors (Lipinski definition) is 0. The number of aromatic nitrogens is 2. The first-order chi connectivity index (χ1) is 6.84. The summed E-state index contributed by atoms with van der Waals surface area (Å²) in [6.45, 7) is 0. The highest BCUT2D eigenvalue weighted by atomic mass is 35.5. The Kier molecular flexibility index (Phi) is 3.39. The van der Waals surface area contributed by atoms with Crippen LogP contribution >= 0.6 is 34.7 Å². The summed E-state index contributed by atoms with van der Waals surface area (Å²) >= 11 is 9.04. The Morgan fingerprint density at radius 3 is 2.93 bits per heavy atom. The van der Waals surface area contributed by atoms with Gasteiger partial charge in [0, 0.05) is 23.5 Å². The van der Waals surface area contributed by atoms with Gasteiger partial charge in [-0.2, -0.15) is 0 Å². The average molecular weight is 243 g/mol. The van der Waals surface area contributed by atoms with Gasteiger partial charge in [-0.15, -0.1) is 11.3 Å². The molecule has 0 bridgehead atoms. The van der Waals surface area contributed by atoms with Crippen LogP contribution in [-0.2, 0) is 5.75 Å². The van der Waals surface area contributed by atoms with E-state index in [0.717, 1.165) is 15.7 Å². The Labute approximate surface area is 95.4 Å². The second-order valence-electron chi connectivity index (χ2n) is 2.58. The van der Waals surface area contributed by atoms with Crippen LogP contribution in [0.4, 0.5) is 0 Å². The van der Waals surface area contributed by atoms with Gasteiger partial charge in [0.15, 0.2) is 0 Å². The first-order valence-electron chi connectivity index (χ1n) is 3.97. The van der Waals surface area contributed by atoms with Crippen LogP contribution in [0.2, 0.25) is 5.15 Å². The highest BCUT2D eigenvalue weighted by Crippen LogP contribution is 2.24. The Morgan fingerprint density at radius 1 is 1.36 bits per heavy atom. The Hall–Kier alpha value is -0.580. The zero-order chi connectivity index (χ0) is 9.80. The maximum absolute atomic E-state index is 5.68. The summed E-state index contributed by atoms with van der Waals surface area (Å²) in [5, 5.41) is 2.51. The fourth-order valence-corrected chi connectivity index (χ4v) is 2.60. The number of hydrogen-bond acceptors (Lipinski definition) is 4. The molecule has 0 atom stereocenters. The summed E-state index contributed by atoms with van der Waals surface area (Å²) in [7, 11) is 0. The number of pyridine rings is 1. The first-order valence-corrected chi connectivity index (χ1v) is 6.21. The Morgan fingerprint density at radius 2 is 2.29 bits per heavy atom. The van der Waals surface area contributed by atoms with E-state index in [1.54, 1.807) is 35.4 Å². The first kappa shape index (κ1) is 9.96. The Balaban J connectivity index is 1.95. The number of thioether (sulfide) groups is 1. The molecular formula is C9H7ClN2S2. The van der Waals surface area contributed by atoms with Crippen molar-refractivity contribution >= 4 is 34.7 Å². The standard InChI is InChI=1S/C9H7ClN2S2/c10-8-2-1-7(5-12-8)6-14-9-11-3-4-13-9/h1-5H,6H2. The van der Waals surface area contributed by atoms with E-state index in [0.29, 0.717) is 5.15 Å². The molecule has 0 aromatic carbocycles. The quantitative estimate of drug-likeness (QED) is 0.609. The molecule has 0 aliphatic carbocycles. The molecule has 2 rings (SSSR count). The van der Waals surface area contributed by atoms with Crippen molar-refractivity contribution in [2.45, 2.75) is 10.1 Å². The van der Waals surface area contributed by atoms with Crippen LogP contribution < -0.4 is 0 Å². The van der Waals surface area contributed by atoms with Gasteiger partial charge in [0.05, 0.1) is 0 Å². The van der Waals surface area contributed by atoms with Crippen molar-refractivity contribution in [2.75, 3.05) is 0 Å². The smallest absolute Gasteiger partial charge is 0.150 e. The van der Waals surface area contributed by atoms with Crippen molar-refractivity contribution in [3.05, 3.63) is 40.6 Å². The minimum absolute atomic E-state index is 0.535. The second-order valence-corrected chi connectivity index (χ2v) is 5.08. The predicted octanol–water partition coefficient (Wildman–Crippen LogP) is 3.48. The monoisotopic (exact) mass is 242 g/mol. The summed E-state index contributed by atoms with van der Waals surface area (Å²) in [6, 6.07) is 3.79. The molecule has 14 heavy (non-hydrogen) atoms. The van der Waals surface area contributed by atoms with Crippen molar-refractivity contribution in [1.29, 1.82) is 0 Å². The van der Waals surface area contributed by atoms with Gasteiger partial charge in [-0.1, -0.05) is 29.4 Å². The van der Waals surface area contributed by atoms with Crippen molar-refractivity contribution in [2.24, 2.45) is 0 Å². The molecule has 5 heteroatoms. The number of rotatable bonds is 3. The van der Waals surface area contributed by atoms with E-state index in [9.17, 15) is 0 Å². The van der Waals surface area contributed by atoms with Crippen molar-refractivity contribution in [3.8, 4) is 0 Å². The molecule has 0 unspecified atom stereocenters. The molecule has 0 amide bonds. The molecule has 2 aromatic heterocycles. The van der Waals surface area contributed by atoms with Crippen molar-refractivity contribution in [3.63, 3.8) is 0 Å². The number of halogens is 1. The number of nitrogens with zero attached hydrogens (tertiary/aromatic N) is 2. The van der Waals surface area contributed by atoms with Crippen LogP contribution in [0.1, 0.15) is 5.56 Å². The molecule has 2 heterocycles. The van der Waals surface area contributed by atoms with Crippen LogP contribution in [-0.4, -0.2) is 9.97 Å². The van der Waals surface area contributed by atoms with E-state index in [4.69, 9.17) is 11.6 Å². The third-order valence-electron chi connectivity index (χ3n) is 1.56. The van der Waals surface area contributed by atoms with Crippen LogP contribution in [0.3, 0.4) is 0 Å². The lowest BCUT2D eigenvalue weighted by Gasteiger charge is -1.97. The van der Waals surface area contributed by atoms with Gasteiger partial charge in [-0.25, -0.2) is 9.97 Å². The average Bonchev–Trinajstić information content (AvgIpc) is 2.70. The van der Waals surface area contributed by atoms with E-state index in [-0.39, 0.29) is 0 Å². The van der Waals surface area contributed by atoms with Crippen molar-refractivity contribution < 1.29 is 0 Å². The Bertz CT molecular complexity index is 386. The predicted molar refractivity (Wildman–Crippen MR) is 60.9 cm³/mol. The molecule has 0 fully saturated rings. The van der Waals surface area contributed by atoms with Crippen LogP contribution in [0.15, 0.2) is 34.2 Å². The third kappa shape index (κ3) is 2.70. The van der Waals surface area contributed by atoms with Crippen molar-refractivity contribution in [1.82, 2.24) is 9.97 Å². The van der Waals surface area contributed by atoms with E-state index in [1.807, 2.05) is 17.6 Å². The maximum atomic E-state index is 5.68. The van der Waals surface area contributed by atoms with E-state index < -0.39 is 0 Å². The van der Waals surface area contributed by atoms with E-state index in [1.165, 1.54) is 0 Å². The lowest BCUT2D eigenvalue weighted by molar-refractivity contribution is 1.22. The second kappa shape index (κ2) is 4.77. The van der Waals surface area contributed by atoms with E-state index >= 15 is 0 Å². The molecule has 0 spiro atoms. The molecular weight excluding hydrogens is 236 g/mol. The molecule has 2 aromatic rings. The minimum atomic E-state index is 0.535. The third-order valence-corrected chi connectivity index (χ3v) is 3.82. The SMILES string of the molecule is Clc1ccc(CSc2nccs2)cn1. The van der Waals surface area contributed by atoms with Crippen LogP contribution in [0.5, 0.6) is 0 Å². The fourth-order valence-electron chi connectivity index (χ4n) is 0.919. The molecule has 0 aliphatic rings. The van der Waals surface area contributed by atoms with Gasteiger partial charge < -0.3 is 0 Å². The highest BCUT2D eigenvalue weighted by Gasteiger charge is 1.98. The largest absolute Gasteiger partial charge is 0.244 e. The highest BCUT2D eigenvalue weighted by molar-refractivity contribution is 8.00. The summed E-state index contributed by atoms with van der Waals surface area (Å²) in [5.41, 5.74) is 1.16. The van der Waals surface area contributed by atoms with E-state index in [2.05, 4.69) is 9.97 Å². The molecule has 0 saturated heterocycles. The number of thiazole rings is 1. The fraction of sp³-hybridized carbons (Fsp3) is 0.111.